The summed E-state index contributed by atoms with van der Waals surface area (Å²) in [7, 11) is 0. The number of carbonyl (C=O) groups excluding carboxylic acids is 7. The van der Waals surface area contributed by atoms with Crippen molar-refractivity contribution in [1.82, 2.24) is 31.6 Å². The fraction of sp³-hybridized carbons (Fsp3) is 0.300. The average molecular weight is 977 g/mol. The van der Waals surface area contributed by atoms with Crippen molar-refractivity contribution in [2.24, 2.45) is 4.99 Å². The van der Waals surface area contributed by atoms with E-state index in [-0.39, 0.29) is 69.0 Å². The van der Waals surface area contributed by atoms with Crippen molar-refractivity contribution < 1.29 is 52.5 Å². The van der Waals surface area contributed by atoms with Crippen LogP contribution in [0.4, 0.5) is 19.5 Å². The lowest BCUT2D eigenvalue weighted by molar-refractivity contribution is -0.147. The number of hydrogen-bond donors (Lipinski definition) is 6. The van der Waals surface area contributed by atoms with Crippen LogP contribution in [0.3, 0.4) is 0 Å². The maximum absolute atomic E-state index is 13.8. The van der Waals surface area contributed by atoms with Crippen LogP contribution in [0.2, 0.25) is 0 Å². The summed E-state index contributed by atoms with van der Waals surface area (Å²) in [5, 5.41) is 17.1. The summed E-state index contributed by atoms with van der Waals surface area (Å²) in [6, 6.07) is 33.5. The quantitative estimate of drug-likeness (QED) is 0.0128. The van der Waals surface area contributed by atoms with Crippen molar-refractivity contribution in [2.45, 2.75) is 84.0 Å². The average Bonchev–Trinajstić information content (AvgIpc) is 3.81. The van der Waals surface area contributed by atoms with Crippen molar-refractivity contribution in [3.8, 4) is 0 Å². The number of alkyl carbamates (subject to hydrolysis) is 3. The highest BCUT2D eigenvalue weighted by atomic mass is 32.1. The van der Waals surface area contributed by atoms with Crippen molar-refractivity contribution in [1.29, 1.82) is 0 Å². The van der Waals surface area contributed by atoms with Crippen LogP contribution in [0.25, 0.3) is 0 Å². The smallest absolute Gasteiger partial charge is 0.414 e. The van der Waals surface area contributed by atoms with Gasteiger partial charge in [-0.2, -0.15) is 0 Å². The van der Waals surface area contributed by atoms with E-state index in [2.05, 4.69) is 41.9 Å². The van der Waals surface area contributed by atoms with Gasteiger partial charge in [0.25, 0.3) is 0 Å². The summed E-state index contributed by atoms with van der Waals surface area (Å²) in [6.45, 7) is 2.09. The van der Waals surface area contributed by atoms with E-state index < -0.39 is 60.5 Å². The fourth-order valence-corrected chi connectivity index (χ4v) is 6.93. The zero-order valence-electron chi connectivity index (χ0n) is 38.6. The molecule has 1 heterocycles. The zero-order chi connectivity index (χ0) is 49.8. The van der Waals surface area contributed by atoms with Gasteiger partial charge in [0.2, 0.25) is 23.7 Å². The molecule has 20 heteroatoms. The number of aliphatic imine (C=N–C) groups is 1. The Bertz CT molecular complexity index is 2420. The van der Waals surface area contributed by atoms with Crippen LogP contribution in [0.15, 0.2) is 132 Å². The van der Waals surface area contributed by atoms with Gasteiger partial charge in [-0.15, -0.1) is 11.3 Å². The molecule has 70 heavy (non-hydrogen) atoms. The highest BCUT2D eigenvalue weighted by Crippen LogP contribution is 2.17. The number of nitrogens with one attached hydrogen (secondary N) is 6. The van der Waals surface area contributed by atoms with Gasteiger partial charge in [0.1, 0.15) is 38.5 Å². The van der Waals surface area contributed by atoms with E-state index >= 15 is 0 Å². The Balaban J connectivity index is 1.21. The van der Waals surface area contributed by atoms with Crippen LogP contribution in [0.5, 0.6) is 0 Å². The molecule has 4 aromatic carbocycles. The van der Waals surface area contributed by atoms with Gasteiger partial charge < -0.3 is 40.2 Å². The van der Waals surface area contributed by atoms with E-state index in [4.69, 9.17) is 18.9 Å². The maximum Gasteiger partial charge on any atom is 0.414 e. The first-order chi connectivity index (χ1) is 34.0. The Hall–Kier alpha value is -8.13. The second-order valence-corrected chi connectivity index (χ2v) is 16.3. The SMILES string of the molecule is CCCCNC(=O)[C@H](CC(=O)OCc1ccccc1)NC(=O)Cc1csc(NC(=O)[C@H](CCCN=C(NC(=O)OCc2ccccc2)NC(=O)OCc2ccccc2)NC(=O)OCc2ccccc2)n1. The molecular weight excluding hydrogens is 921 g/mol. The van der Waals surface area contributed by atoms with Crippen LogP contribution in [0.1, 0.15) is 67.0 Å². The number of nitrogens with zero attached hydrogens (tertiary/aromatic N) is 2. The van der Waals surface area contributed by atoms with Crippen molar-refractivity contribution in [3.05, 3.63) is 155 Å². The standard InChI is InChI=1S/C50H56N8O11S/c1-2-3-26-51-44(61)41(29-43(60)66-30-35-17-8-4-9-18-35)54-42(59)28-39-34-70-47(53-39)56-45(62)40(55-48(63)67-31-36-19-10-5-11-20-36)25-16-27-52-46(57-49(64)68-32-37-21-12-6-13-22-37)58-50(65)69-33-38-23-14-7-15-24-38/h4-15,17-24,34,40-41H,2-3,16,25-33H2,1H3,(H,51,61)(H,54,59)(H,55,63)(H,53,56,62)(H2,52,57,58,64,65)/t40-,41-/m0/s1. The minimum absolute atomic E-state index is 0.00200. The maximum atomic E-state index is 13.8. The molecule has 5 rings (SSSR count). The molecule has 6 amide bonds. The van der Waals surface area contributed by atoms with E-state index in [0.29, 0.717) is 13.0 Å². The van der Waals surface area contributed by atoms with Crippen molar-refractivity contribution >= 4 is 64.4 Å². The number of ether oxygens (including phenoxy) is 4. The molecule has 0 spiro atoms. The molecule has 0 fully saturated rings. The lowest BCUT2D eigenvalue weighted by Gasteiger charge is -2.18. The van der Waals surface area contributed by atoms with Crippen LogP contribution in [-0.4, -0.2) is 78.1 Å². The number of hydrogen-bond acceptors (Lipinski definition) is 14. The van der Waals surface area contributed by atoms with Crippen LogP contribution in [0, 0.1) is 0 Å². The number of thiazole rings is 1. The molecule has 0 aliphatic carbocycles. The number of rotatable bonds is 24. The van der Waals surface area contributed by atoms with Crippen LogP contribution >= 0.6 is 11.3 Å². The number of aromatic nitrogens is 1. The van der Waals surface area contributed by atoms with Gasteiger partial charge >= 0.3 is 24.2 Å². The summed E-state index contributed by atoms with van der Waals surface area (Å²) in [4.78, 5) is 100. The van der Waals surface area contributed by atoms with Crippen molar-refractivity contribution in [3.63, 3.8) is 0 Å². The molecule has 368 valence electrons. The monoisotopic (exact) mass is 976 g/mol. The second-order valence-electron chi connectivity index (χ2n) is 15.4. The number of esters is 1. The van der Waals surface area contributed by atoms with Crippen LogP contribution < -0.4 is 31.9 Å². The third kappa shape index (κ3) is 20.4. The van der Waals surface area contributed by atoms with Crippen molar-refractivity contribution in [2.75, 3.05) is 18.4 Å². The second kappa shape index (κ2) is 29.6. The van der Waals surface area contributed by atoms with Crippen LogP contribution in [-0.2, 0) is 71.0 Å². The Morgan fingerprint density at radius 1 is 0.600 bits per heavy atom. The zero-order valence-corrected chi connectivity index (χ0v) is 39.4. The summed E-state index contributed by atoms with van der Waals surface area (Å²) < 4.78 is 21.4. The largest absolute Gasteiger partial charge is 0.461 e. The molecule has 0 bridgehead atoms. The third-order valence-corrected chi connectivity index (χ3v) is 10.6. The van der Waals surface area contributed by atoms with E-state index in [1.54, 1.807) is 90.3 Å². The molecule has 0 aliphatic heterocycles. The first-order valence-corrected chi connectivity index (χ1v) is 23.4. The van der Waals surface area contributed by atoms with Gasteiger partial charge in [-0.1, -0.05) is 135 Å². The van der Waals surface area contributed by atoms with Gasteiger partial charge in [0.15, 0.2) is 5.13 Å². The predicted molar refractivity (Wildman–Crippen MR) is 260 cm³/mol. The molecule has 0 saturated heterocycles. The number of guanidine groups is 1. The molecule has 1 aromatic heterocycles. The molecule has 6 N–H and O–H groups in total. The fourth-order valence-electron chi connectivity index (χ4n) is 6.22. The van der Waals surface area contributed by atoms with Gasteiger partial charge in [-0.3, -0.25) is 34.8 Å². The Labute approximate surface area is 409 Å². The Morgan fingerprint density at radius 3 is 1.61 bits per heavy atom. The van der Waals surface area contributed by atoms with E-state index in [1.165, 1.54) is 0 Å². The van der Waals surface area contributed by atoms with Gasteiger partial charge in [0, 0.05) is 18.5 Å². The number of benzene rings is 4. The minimum Gasteiger partial charge on any atom is -0.461 e. The molecular formula is C50H56N8O11S. The first kappa shape index (κ1) is 52.8. The highest BCUT2D eigenvalue weighted by Gasteiger charge is 2.26. The highest BCUT2D eigenvalue weighted by molar-refractivity contribution is 7.14. The summed E-state index contributed by atoms with van der Waals surface area (Å²) >= 11 is 1.02. The lowest BCUT2D eigenvalue weighted by atomic mass is 10.1. The molecule has 5 aromatic rings. The molecule has 2 atom stereocenters. The van der Waals surface area contributed by atoms with E-state index in [9.17, 15) is 33.6 Å². The first-order valence-electron chi connectivity index (χ1n) is 22.5. The molecule has 0 radical (unpaired) electrons. The van der Waals surface area contributed by atoms with E-state index in [1.807, 2.05) is 43.3 Å². The predicted octanol–water partition coefficient (Wildman–Crippen LogP) is 6.44. The number of anilines is 1. The third-order valence-electron chi connectivity index (χ3n) is 9.83. The molecule has 19 nitrogen and oxygen atoms in total. The van der Waals surface area contributed by atoms with Gasteiger partial charge in [-0.25, -0.2) is 19.4 Å². The number of carbonyl (C=O) groups is 7. The minimum atomic E-state index is -1.21. The van der Waals surface area contributed by atoms with Gasteiger partial charge in [-0.05, 0) is 41.5 Å². The Morgan fingerprint density at radius 2 is 1.10 bits per heavy atom. The lowest BCUT2D eigenvalue weighted by Crippen LogP contribution is -2.48. The van der Waals surface area contributed by atoms with E-state index in [0.717, 1.165) is 40.0 Å². The normalized spacial score (nSPS) is 11.3. The Kier molecular flexibility index (Phi) is 22.3. The summed E-state index contributed by atoms with van der Waals surface area (Å²) in [5.74, 6) is -2.77. The molecule has 0 saturated carbocycles. The van der Waals surface area contributed by atoms with Gasteiger partial charge in [0.05, 0.1) is 18.5 Å². The molecule has 0 unspecified atom stereocenters. The topological polar surface area (TPSA) is 254 Å². The summed E-state index contributed by atoms with van der Waals surface area (Å²) in [5.41, 5.74) is 3.20. The number of amides is 6. The molecule has 0 aliphatic rings. The number of unbranched alkanes of at least 4 members (excludes halogenated alkanes) is 1. The summed E-state index contributed by atoms with van der Waals surface area (Å²) in [6.07, 6.45) is -1.73.